The first kappa shape index (κ1) is 8.34. The summed E-state index contributed by atoms with van der Waals surface area (Å²) in [6.45, 7) is 8.02. The van der Waals surface area contributed by atoms with Crippen LogP contribution in [0.5, 0.6) is 0 Å². The largest absolute Gasteiger partial charge is 0.375 e. The lowest BCUT2D eigenvalue weighted by Gasteiger charge is -2.25. The third-order valence-corrected chi connectivity index (χ3v) is 1.70. The molecule has 0 aromatic carbocycles. The van der Waals surface area contributed by atoms with E-state index in [-0.39, 0.29) is 0 Å². The molecular formula is C9H15N2. The molecule has 0 unspecified atom stereocenters. The molecule has 0 aromatic heterocycles. The Balaban J connectivity index is 2.23. The molecule has 0 atom stereocenters. The second kappa shape index (κ2) is 4.97. The van der Waals surface area contributed by atoms with Gasteiger partial charge < -0.3 is 10.2 Å². The van der Waals surface area contributed by atoms with Crippen LogP contribution in [-0.4, -0.2) is 31.1 Å². The Kier molecular flexibility index (Phi) is 3.76. The molecule has 61 valence electrons. The lowest BCUT2D eigenvalue weighted by atomic mass is 10.4. The predicted octanol–water partition coefficient (Wildman–Crippen LogP) is 0.796. The van der Waals surface area contributed by atoms with Gasteiger partial charge in [-0.25, -0.2) is 0 Å². The van der Waals surface area contributed by atoms with Crippen molar-refractivity contribution in [1.29, 1.82) is 0 Å². The Hall–Kier alpha value is -0.760. The van der Waals surface area contributed by atoms with Crippen LogP contribution >= 0.6 is 0 Å². The summed E-state index contributed by atoms with van der Waals surface area (Å²) in [7, 11) is 0. The average Bonchev–Trinajstić information content (AvgIpc) is 2.07. The smallest absolute Gasteiger partial charge is 0.0298 e. The Bertz CT molecular complexity index is 144. The number of rotatable bonds is 2. The standard InChI is InChI=1S/C9H15N2/c1-2-3-4-7-11-8-5-10-6-9-11/h2-4,7,10H,1,5-6,8-9H2/b3-2+,7-4+. The zero-order valence-electron chi connectivity index (χ0n) is 6.79. The van der Waals surface area contributed by atoms with Crippen LogP contribution in [0, 0.1) is 6.92 Å². The minimum absolute atomic E-state index is 1.10. The zero-order valence-corrected chi connectivity index (χ0v) is 6.79. The quantitative estimate of drug-likeness (QED) is 0.587. The zero-order chi connectivity index (χ0) is 7.94. The van der Waals surface area contributed by atoms with Crippen molar-refractivity contribution in [2.24, 2.45) is 0 Å². The molecule has 1 rings (SSSR count). The highest BCUT2D eigenvalue weighted by Crippen LogP contribution is 1.92. The van der Waals surface area contributed by atoms with Crippen molar-refractivity contribution in [1.82, 2.24) is 10.2 Å². The van der Waals surface area contributed by atoms with E-state index in [0.717, 1.165) is 26.2 Å². The van der Waals surface area contributed by atoms with Gasteiger partial charge in [-0.2, -0.15) is 0 Å². The van der Waals surface area contributed by atoms with E-state index in [1.54, 1.807) is 6.08 Å². The maximum absolute atomic E-state index is 3.61. The molecule has 1 N–H and O–H groups in total. The predicted molar refractivity (Wildman–Crippen MR) is 48.1 cm³/mol. The van der Waals surface area contributed by atoms with Crippen molar-refractivity contribution in [3.05, 3.63) is 31.4 Å². The molecule has 0 saturated carbocycles. The molecule has 1 heterocycles. The second-order valence-electron chi connectivity index (χ2n) is 2.56. The fraction of sp³-hybridized carbons (Fsp3) is 0.444. The lowest BCUT2D eigenvalue weighted by Crippen LogP contribution is -2.40. The van der Waals surface area contributed by atoms with E-state index in [9.17, 15) is 0 Å². The highest BCUT2D eigenvalue weighted by molar-refractivity contribution is 5.03. The third-order valence-electron chi connectivity index (χ3n) is 1.70. The fourth-order valence-electron chi connectivity index (χ4n) is 1.08. The van der Waals surface area contributed by atoms with Gasteiger partial charge in [-0.3, -0.25) is 0 Å². The fourth-order valence-corrected chi connectivity index (χ4v) is 1.08. The SMILES string of the molecule is [CH2]/C=C/C=C/N1CCNCC1. The molecule has 2 nitrogen and oxygen atoms in total. The van der Waals surface area contributed by atoms with Crippen LogP contribution in [-0.2, 0) is 0 Å². The molecule has 1 fully saturated rings. The molecule has 0 aliphatic carbocycles. The van der Waals surface area contributed by atoms with Gasteiger partial charge in [0.1, 0.15) is 0 Å². The molecule has 2 heteroatoms. The van der Waals surface area contributed by atoms with Gasteiger partial charge in [0.05, 0.1) is 0 Å². The Morgan fingerprint density at radius 3 is 2.55 bits per heavy atom. The minimum atomic E-state index is 1.10. The summed E-state index contributed by atoms with van der Waals surface area (Å²) < 4.78 is 0. The normalized spacial score (nSPS) is 20.3. The molecule has 1 saturated heterocycles. The summed E-state index contributed by atoms with van der Waals surface area (Å²) in [4.78, 5) is 2.30. The number of allylic oxidation sites excluding steroid dienone is 3. The molecule has 0 amide bonds. The summed E-state index contributed by atoms with van der Waals surface area (Å²) in [5.41, 5.74) is 0. The number of hydrogen-bond donors (Lipinski definition) is 1. The summed E-state index contributed by atoms with van der Waals surface area (Å²) in [5.74, 6) is 0. The number of hydrogen-bond acceptors (Lipinski definition) is 2. The van der Waals surface area contributed by atoms with E-state index >= 15 is 0 Å². The van der Waals surface area contributed by atoms with Crippen molar-refractivity contribution in [3.63, 3.8) is 0 Å². The topological polar surface area (TPSA) is 15.3 Å². The summed E-state index contributed by atoms with van der Waals surface area (Å²) in [5, 5.41) is 3.30. The molecule has 1 aliphatic rings. The summed E-state index contributed by atoms with van der Waals surface area (Å²) in [6.07, 6.45) is 7.88. The third kappa shape index (κ3) is 3.23. The van der Waals surface area contributed by atoms with Gasteiger partial charge in [0.15, 0.2) is 0 Å². The van der Waals surface area contributed by atoms with Gasteiger partial charge in [-0.15, -0.1) is 0 Å². The lowest BCUT2D eigenvalue weighted by molar-refractivity contribution is 0.324. The Morgan fingerprint density at radius 2 is 1.91 bits per heavy atom. The van der Waals surface area contributed by atoms with E-state index in [1.807, 2.05) is 12.2 Å². The molecule has 0 aromatic rings. The van der Waals surface area contributed by atoms with E-state index in [0.29, 0.717) is 0 Å². The van der Waals surface area contributed by atoms with Crippen molar-refractivity contribution in [2.45, 2.75) is 0 Å². The Morgan fingerprint density at radius 1 is 1.18 bits per heavy atom. The van der Waals surface area contributed by atoms with Gasteiger partial charge in [0.25, 0.3) is 0 Å². The molecular weight excluding hydrogens is 136 g/mol. The number of nitrogens with one attached hydrogen (secondary N) is 1. The minimum Gasteiger partial charge on any atom is -0.375 e. The summed E-state index contributed by atoms with van der Waals surface area (Å²) in [6, 6.07) is 0. The highest BCUT2D eigenvalue weighted by Gasteiger charge is 2.02. The van der Waals surface area contributed by atoms with Crippen molar-refractivity contribution in [3.8, 4) is 0 Å². The molecule has 0 bridgehead atoms. The first-order chi connectivity index (χ1) is 5.43. The van der Waals surface area contributed by atoms with Crippen LogP contribution in [0.15, 0.2) is 24.4 Å². The summed E-state index contributed by atoms with van der Waals surface area (Å²) >= 11 is 0. The van der Waals surface area contributed by atoms with Gasteiger partial charge >= 0.3 is 0 Å². The van der Waals surface area contributed by atoms with Gasteiger partial charge in [-0.05, 0) is 19.2 Å². The van der Waals surface area contributed by atoms with Gasteiger partial charge in [-0.1, -0.05) is 12.2 Å². The first-order valence-electron chi connectivity index (χ1n) is 4.01. The van der Waals surface area contributed by atoms with Crippen molar-refractivity contribution < 1.29 is 0 Å². The highest BCUT2D eigenvalue weighted by atomic mass is 15.2. The van der Waals surface area contributed by atoms with Crippen LogP contribution in [0.4, 0.5) is 0 Å². The Labute approximate surface area is 68.6 Å². The van der Waals surface area contributed by atoms with Crippen molar-refractivity contribution in [2.75, 3.05) is 26.2 Å². The van der Waals surface area contributed by atoms with E-state index < -0.39 is 0 Å². The second-order valence-corrected chi connectivity index (χ2v) is 2.56. The van der Waals surface area contributed by atoms with E-state index in [1.165, 1.54) is 0 Å². The maximum Gasteiger partial charge on any atom is 0.0298 e. The maximum atomic E-state index is 3.61. The van der Waals surface area contributed by atoms with Crippen LogP contribution in [0.3, 0.4) is 0 Å². The number of nitrogens with zero attached hydrogens (tertiary/aromatic N) is 1. The van der Waals surface area contributed by atoms with Gasteiger partial charge in [0.2, 0.25) is 0 Å². The van der Waals surface area contributed by atoms with Gasteiger partial charge in [0, 0.05) is 26.2 Å². The van der Waals surface area contributed by atoms with Crippen LogP contribution in [0.25, 0.3) is 0 Å². The van der Waals surface area contributed by atoms with E-state index in [2.05, 4.69) is 23.3 Å². The van der Waals surface area contributed by atoms with Crippen LogP contribution < -0.4 is 5.32 Å². The molecule has 1 radical (unpaired) electrons. The van der Waals surface area contributed by atoms with Crippen LogP contribution in [0.2, 0.25) is 0 Å². The van der Waals surface area contributed by atoms with Crippen LogP contribution in [0.1, 0.15) is 0 Å². The molecule has 11 heavy (non-hydrogen) atoms. The average molecular weight is 151 g/mol. The first-order valence-corrected chi connectivity index (χ1v) is 4.01. The van der Waals surface area contributed by atoms with E-state index in [4.69, 9.17) is 0 Å². The monoisotopic (exact) mass is 151 g/mol. The molecule has 0 spiro atoms. The number of piperazine rings is 1. The van der Waals surface area contributed by atoms with Crippen molar-refractivity contribution >= 4 is 0 Å². The molecule has 1 aliphatic heterocycles.